The quantitative estimate of drug-likeness (QED) is 0.362. The summed E-state index contributed by atoms with van der Waals surface area (Å²) in [6.45, 7) is 6.09. The van der Waals surface area contributed by atoms with Crippen LogP contribution in [0.1, 0.15) is 65.7 Å². The van der Waals surface area contributed by atoms with Gasteiger partial charge in [-0.2, -0.15) is 0 Å². The molecular weight excluding hydrogens is 376 g/mol. The highest BCUT2D eigenvalue weighted by Crippen LogP contribution is 2.47. The van der Waals surface area contributed by atoms with Gasteiger partial charge in [0, 0.05) is 12.3 Å². The van der Waals surface area contributed by atoms with E-state index in [1.54, 1.807) is 0 Å². The molecule has 1 fully saturated rings. The Labute approximate surface area is 182 Å². The molecule has 6 atom stereocenters. The summed E-state index contributed by atoms with van der Waals surface area (Å²) in [5.74, 6) is 1.11. The lowest BCUT2D eigenvalue weighted by Crippen LogP contribution is -2.25. The molecule has 2 aliphatic rings. The molecule has 4 heteroatoms. The van der Waals surface area contributed by atoms with Gasteiger partial charge in [-0.25, -0.2) is 0 Å². The average molecular weight is 417 g/mol. The van der Waals surface area contributed by atoms with Crippen LogP contribution in [0, 0.1) is 23.7 Å². The molecule has 0 spiro atoms. The van der Waals surface area contributed by atoms with Crippen molar-refractivity contribution in [3.8, 4) is 0 Å². The van der Waals surface area contributed by atoms with Crippen molar-refractivity contribution < 1.29 is 19.7 Å². The zero-order valence-corrected chi connectivity index (χ0v) is 19.1. The third-order valence-electron chi connectivity index (χ3n) is 6.48. The summed E-state index contributed by atoms with van der Waals surface area (Å²) >= 11 is 0. The molecule has 0 aromatic carbocycles. The Morgan fingerprint density at radius 1 is 1.37 bits per heavy atom. The number of aliphatic hydroxyl groups excluding tert-OH is 1. The number of hydrogen-bond acceptors (Lipinski definition) is 4. The first kappa shape index (κ1) is 24.6. The molecular formula is C26H40O4. The number of carbonyl (C=O) groups is 1. The molecule has 4 nitrogen and oxygen atoms in total. The van der Waals surface area contributed by atoms with E-state index in [9.17, 15) is 15.0 Å². The van der Waals surface area contributed by atoms with Crippen molar-refractivity contribution in [1.29, 1.82) is 0 Å². The van der Waals surface area contributed by atoms with Gasteiger partial charge in [0.2, 0.25) is 0 Å². The lowest BCUT2D eigenvalue weighted by Gasteiger charge is -2.25. The maximum Gasteiger partial charge on any atom is 0.305 e. The number of fused-ring (bicyclic) bond motifs is 1. The highest BCUT2D eigenvalue weighted by Gasteiger charge is 2.43. The van der Waals surface area contributed by atoms with Crippen LogP contribution in [0.25, 0.3) is 0 Å². The van der Waals surface area contributed by atoms with Gasteiger partial charge in [0.1, 0.15) is 0 Å². The molecule has 2 rings (SSSR count). The van der Waals surface area contributed by atoms with Gasteiger partial charge in [-0.05, 0) is 70.1 Å². The molecule has 0 saturated heterocycles. The fourth-order valence-corrected chi connectivity index (χ4v) is 4.95. The van der Waals surface area contributed by atoms with Crippen molar-refractivity contribution in [3.63, 3.8) is 0 Å². The maximum atomic E-state index is 11.2. The Hall–Kier alpha value is -1.65. The number of allylic oxidation sites excluding steroid dienone is 6. The normalized spacial score (nSPS) is 29.5. The van der Waals surface area contributed by atoms with Crippen LogP contribution in [0.4, 0.5) is 0 Å². The minimum Gasteiger partial charge on any atom is -0.469 e. The van der Waals surface area contributed by atoms with Gasteiger partial charge in [0.05, 0.1) is 18.8 Å². The fourth-order valence-electron chi connectivity index (χ4n) is 4.95. The van der Waals surface area contributed by atoms with Crippen LogP contribution in [-0.4, -0.2) is 35.0 Å². The molecule has 0 unspecified atom stereocenters. The van der Waals surface area contributed by atoms with Crippen molar-refractivity contribution >= 4 is 5.97 Å². The van der Waals surface area contributed by atoms with Crippen molar-refractivity contribution in [1.82, 2.24) is 0 Å². The van der Waals surface area contributed by atoms with Crippen molar-refractivity contribution in [2.45, 2.75) is 77.4 Å². The fraction of sp³-hybridized carbons (Fsp3) is 0.654. The molecule has 168 valence electrons. The van der Waals surface area contributed by atoms with E-state index >= 15 is 0 Å². The van der Waals surface area contributed by atoms with Gasteiger partial charge in [-0.15, -0.1) is 0 Å². The smallest absolute Gasteiger partial charge is 0.305 e. The van der Waals surface area contributed by atoms with E-state index in [0.29, 0.717) is 30.6 Å². The van der Waals surface area contributed by atoms with Crippen molar-refractivity contribution in [2.24, 2.45) is 23.7 Å². The van der Waals surface area contributed by atoms with Crippen LogP contribution < -0.4 is 0 Å². The number of carbonyl (C=O) groups excluding carboxylic acids is 1. The van der Waals surface area contributed by atoms with Crippen LogP contribution in [-0.2, 0) is 9.53 Å². The Morgan fingerprint density at radius 3 is 2.83 bits per heavy atom. The predicted octanol–water partition coefficient (Wildman–Crippen LogP) is 5.13. The number of hydrogen-bond donors (Lipinski definition) is 2. The van der Waals surface area contributed by atoms with Gasteiger partial charge in [-0.1, -0.05) is 55.0 Å². The van der Waals surface area contributed by atoms with Gasteiger partial charge < -0.3 is 14.9 Å². The molecule has 0 amide bonds. The highest BCUT2D eigenvalue weighted by molar-refractivity contribution is 5.69. The summed E-state index contributed by atoms with van der Waals surface area (Å²) in [5.41, 5.74) is 0.431. The second kappa shape index (κ2) is 11.7. The van der Waals surface area contributed by atoms with Crippen LogP contribution in [0.5, 0.6) is 0 Å². The molecule has 30 heavy (non-hydrogen) atoms. The molecule has 0 bridgehead atoms. The van der Waals surface area contributed by atoms with E-state index < -0.39 is 5.60 Å². The molecule has 2 N–H and O–H groups in total. The minimum absolute atomic E-state index is 0.0806. The number of methoxy groups -OCH3 is 1. The standard InChI is InChI=1S/C26H40O4/c1-5-6-7-10-19(2)18-26(3,29)14-13-22-23-16-20(15-21(23)17-24(22)27)11-8-9-12-25(28)30-4/h5-6,8,11,13-15,19,21-24,27,29H,7,9-10,12,16-18H2,1-4H3/b6-5+,11-8?,14-13-/t19-,21+,22+,23+,24-,26-/m1/s1. The molecule has 0 heterocycles. The van der Waals surface area contributed by atoms with Gasteiger partial charge >= 0.3 is 5.97 Å². The maximum absolute atomic E-state index is 11.2. The number of ether oxygens (including phenoxy) is 1. The molecule has 0 aromatic rings. The van der Waals surface area contributed by atoms with Gasteiger partial charge in [0.25, 0.3) is 0 Å². The first-order chi connectivity index (χ1) is 14.3. The highest BCUT2D eigenvalue weighted by atomic mass is 16.5. The Morgan fingerprint density at radius 2 is 2.13 bits per heavy atom. The van der Waals surface area contributed by atoms with Crippen LogP contribution >= 0.6 is 0 Å². The lowest BCUT2D eigenvalue weighted by molar-refractivity contribution is -0.140. The number of aliphatic hydroxyl groups is 2. The third kappa shape index (κ3) is 7.55. The summed E-state index contributed by atoms with van der Waals surface area (Å²) in [6.07, 6.45) is 19.9. The van der Waals surface area contributed by atoms with Crippen molar-refractivity contribution in [2.75, 3.05) is 7.11 Å². The zero-order valence-electron chi connectivity index (χ0n) is 19.1. The second-order valence-corrected chi connectivity index (χ2v) is 9.34. The summed E-state index contributed by atoms with van der Waals surface area (Å²) < 4.78 is 4.67. The molecule has 2 aliphatic carbocycles. The van der Waals surface area contributed by atoms with Crippen molar-refractivity contribution in [3.05, 3.63) is 48.1 Å². The third-order valence-corrected chi connectivity index (χ3v) is 6.48. The topological polar surface area (TPSA) is 66.8 Å². The number of esters is 1. The lowest BCUT2D eigenvalue weighted by atomic mass is 9.85. The zero-order chi connectivity index (χ0) is 22.1. The Bertz CT molecular complexity index is 671. The molecule has 0 aliphatic heterocycles. The minimum atomic E-state index is -0.851. The van der Waals surface area contributed by atoms with E-state index in [-0.39, 0.29) is 18.0 Å². The monoisotopic (exact) mass is 416 g/mol. The second-order valence-electron chi connectivity index (χ2n) is 9.34. The first-order valence-corrected chi connectivity index (χ1v) is 11.4. The summed E-state index contributed by atoms with van der Waals surface area (Å²) in [7, 11) is 1.41. The van der Waals surface area contributed by atoms with E-state index in [0.717, 1.165) is 32.1 Å². The molecule has 0 aromatic heterocycles. The Balaban J connectivity index is 1.88. The SMILES string of the molecule is C/C=C/CC[C@@H](C)C[C@](C)(O)/C=C\[C@H]1[C@H]2CC(C=CCCC(=O)OC)=C[C@H]2C[C@H]1O. The van der Waals surface area contributed by atoms with Gasteiger partial charge in [-0.3, -0.25) is 4.79 Å². The van der Waals surface area contributed by atoms with E-state index in [1.807, 2.05) is 26.0 Å². The Kier molecular flexibility index (Phi) is 9.57. The summed E-state index contributed by atoms with van der Waals surface area (Å²) in [4.78, 5) is 11.2. The van der Waals surface area contributed by atoms with E-state index in [2.05, 4.69) is 42.0 Å². The van der Waals surface area contributed by atoms with E-state index in [4.69, 9.17) is 0 Å². The van der Waals surface area contributed by atoms with E-state index in [1.165, 1.54) is 12.7 Å². The summed E-state index contributed by atoms with van der Waals surface area (Å²) in [5, 5.41) is 21.4. The van der Waals surface area contributed by atoms with Gasteiger partial charge in [0.15, 0.2) is 0 Å². The predicted molar refractivity (Wildman–Crippen MR) is 122 cm³/mol. The average Bonchev–Trinajstić information content (AvgIpc) is 3.19. The molecule has 1 saturated carbocycles. The largest absolute Gasteiger partial charge is 0.469 e. The van der Waals surface area contributed by atoms with Crippen LogP contribution in [0.15, 0.2) is 48.1 Å². The number of rotatable bonds is 11. The molecule has 0 radical (unpaired) electrons. The first-order valence-electron chi connectivity index (χ1n) is 11.4. The van der Waals surface area contributed by atoms with Crippen LogP contribution in [0.2, 0.25) is 0 Å². The summed E-state index contributed by atoms with van der Waals surface area (Å²) in [6, 6.07) is 0. The van der Waals surface area contributed by atoms with Crippen LogP contribution in [0.3, 0.4) is 0 Å².